The monoisotopic (exact) mass is 228 g/mol. The summed E-state index contributed by atoms with van der Waals surface area (Å²) < 4.78 is 22.3. The normalized spacial score (nSPS) is 11.1. The second kappa shape index (κ2) is 4.41. The van der Waals surface area contributed by atoms with Gasteiger partial charge < -0.3 is 5.32 Å². The van der Waals surface area contributed by atoms with Crippen LogP contribution in [-0.4, -0.2) is 14.3 Å². The first kappa shape index (κ1) is 11.7. The summed E-state index contributed by atoms with van der Waals surface area (Å²) in [6.45, 7) is 1.68. The van der Waals surface area contributed by atoms with Crippen molar-refractivity contribution in [2.45, 2.75) is 18.2 Å². The quantitative estimate of drug-likeness (QED) is 0.797. The number of primary sulfonamides is 1. The van der Waals surface area contributed by atoms with Crippen molar-refractivity contribution in [3.8, 4) is 0 Å². The molecule has 0 aliphatic carbocycles. The van der Waals surface area contributed by atoms with E-state index in [1.807, 2.05) is 0 Å². The van der Waals surface area contributed by atoms with Gasteiger partial charge in [0.25, 0.3) is 0 Å². The molecular weight excluding hydrogens is 216 g/mol. The van der Waals surface area contributed by atoms with E-state index in [0.29, 0.717) is 0 Å². The van der Waals surface area contributed by atoms with Crippen molar-refractivity contribution >= 4 is 21.6 Å². The zero-order valence-corrected chi connectivity index (χ0v) is 9.04. The molecule has 0 spiro atoms. The molecule has 0 saturated carbocycles. The van der Waals surface area contributed by atoms with Crippen molar-refractivity contribution in [1.82, 2.24) is 0 Å². The molecule has 0 aromatic heterocycles. The molecule has 0 unspecified atom stereocenters. The van der Waals surface area contributed by atoms with Gasteiger partial charge in [-0.3, -0.25) is 4.79 Å². The van der Waals surface area contributed by atoms with Crippen molar-refractivity contribution in [3.63, 3.8) is 0 Å². The molecule has 0 atom stereocenters. The molecule has 3 N–H and O–H groups in total. The maximum absolute atomic E-state index is 11.1. The predicted octanol–water partition coefficient (Wildman–Crippen LogP) is 0.683. The number of nitrogens with two attached hydrogens (primary N) is 1. The van der Waals surface area contributed by atoms with E-state index in [4.69, 9.17) is 5.14 Å². The zero-order chi connectivity index (χ0) is 11.5. The van der Waals surface area contributed by atoms with Crippen LogP contribution < -0.4 is 10.5 Å². The van der Waals surface area contributed by atoms with Crippen molar-refractivity contribution in [2.24, 2.45) is 5.14 Å². The van der Waals surface area contributed by atoms with Crippen LogP contribution in [0.25, 0.3) is 0 Å². The van der Waals surface area contributed by atoms with Crippen LogP contribution in [0, 0.1) is 0 Å². The maximum Gasteiger partial charge on any atom is 0.240 e. The molecular formula is C9H12N2O3S. The lowest BCUT2D eigenvalue weighted by Crippen LogP contribution is -2.17. The molecule has 0 aliphatic rings. The molecule has 1 rings (SSSR count). The van der Waals surface area contributed by atoms with E-state index in [9.17, 15) is 13.2 Å². The van der Waals surface area contributed by atoms with Crippen LogP contribution in [0.2, 0.25) is 0 Å². The van der Waals surface area contributed by atoms with Crippen molar-refractivity contribution in [2.75, 3.05) is 5.32 Å². The number of amides is 1. The Morgan fingerprint density at radius 3 is 2.53 bits per heavy atom. The second-order valence-electron chi connectivity index (χ2n) is 2.94. The number of carbonyl (C=O) groups is 1. The standard InChI is InChI=1S/C9H12N2O3S/c1-2-9(12)11-7-5-3-4-6-8(7)15(10,13)14/h3-6H,2H2,1H3,(H,11,12)(H2,10,13,14). The lowest BCUT2D eigenvalue weighted by Gasteiger charge is -2.07. The number of benzene rings is 1. The molecule has 82 valence electrons. The minimum Gasteiger partial charge on any atom is -0.325 e. The Balaban J connectivity index is 3.13. The van der Waals surface area contributed by atoms with Crippen LogP contribution in [0.1, 0.15) is 13.3 Å². The van der Waals surface area contributed by atoms with Crippen LogP contribution >= 0.6 is 0 Å². The summed E-state index contributed by atoms with van der Waals surface area (Å²) in [5, 5.41) is 7.46. The fourth-order valence-corrected chi connectivity index (χ4v) is 1.75. The van der Waals surface area contributed by atoms with Crippen LogP contribution in [0.5, 0.6) is 0 Å². The number of anilines is 1. The lowest BCUT2D eigenvalue weighted by molar-refractivity contribution is -0.115. The molecule has 1 aromatic rings. The number of sulfonamides is 1. The SMILES string of the molecule is CCC(=O)Nc1ccccc1S(N)(=O)=O. The van der Waals surface area contributed by atoms with Gasteiger partial charge >= 0.3 is 0 Å². The van der Waals surface area contributed by atoms with Gasteiger partial charge in [0, 0.05) is 6.42 Å². The number of hydrogen-bond acceptors (Lipinski definition) is 3. The van der Waals surface area contributed by atoms with E-state index in [-0.39, 0.29) is 22.9 Å². The van der Waals surface area contributed by atoms with Gasteiger partial charge in [-0.15, -0.1) is 0 Å². The Morgan fingerprint density at radius 2 is 2.00 bits per heavy atom. The molecule has 5 nitrogen and oxygen atoms in total. The third kappa shape index (κ3) is 3.03. The second-order valence-corrected chi connectivity index (χ2v) is 4.47. The third-order valence-corrected chi connectivity index (χ3v) is 2.76. The largest absolute Gasteiger partial charge is 0.325 e. The van der Waals surface area contributed by atoms with Crippen LogP contribution in [0.3, 0.4) is 0 Å². The topological polar surface area (TPSA) is 89.3 Å². The number of para-hydroxylation sites is 1. The van der Waals surface area contributed by atoms with E-state index >= 15 is 0 Å². The zero-order valence-electron chi connectivity index (χ0n) is 8.23. The van der Waals surface area contributed by atoms with E-state index in [1.165, 1.54) is 12.1 Å². The molecule has 0 heterocycles. The average Bonchev–Trinajstić information content (AvgIpc) is 2.17. The van der Waals surface area contributed by atoms with Gasteiger partial charge in [0.05, 0.1) is 5.69 Å². The predicted molar refractivity (Wildman–Crippen MR) is 56.7 cm³/mol. The highest BCUT2D eigenvalue weighted by Crippen LogP contribution is 2.19. The first-order chi connectivity index (χ1) is 6.95. The summed E-state index contributed by atoms with van der Waals surface area (Å²) >= 11 is 0. The Hall–Kier alpha value is -1.40. The van der Waals surface area contributed by atoms with Gasteiger partial charge in [-0.25, -0.2) is 13.6 Å². The lowest BCUT2D eigenvalue weighted by atomic mass is 10.3. The molecule has 6 heteroatoms. The summed E-state index contributed by atoms with van der Waals surface area (Å²) in [4.78, 5) is 11.0. The van der Waals surface area contributed by atoms with Crippen molar-refractivity contribution in [3.05, 3.63) is 24.3 Å². The Bertz CT molecular complexity index is 468. The number of rotatable bonds is 3. The fraction of sp³-hybridized carbons (Fsp3) is 0.222. The molecule has 1 aromatic carbocycles. The Morgan fingerprint density at radius 1 is 1.40 bits per heavy atom. The molecule has 0 bridgehead atoms. The summed E-state index contributed by atoms with van der Waals surface area (Å²) in [6.07, 6.45) is 0.277. The van der Waals surface area contributed by atoms with E-state index in [2.05, 4.69) is 5.32 Å². The summed E-state index contributed by atoms with van der Waals surface area (Å²) in [5.41, 5.74) is 0.215. The van der Waals surface area contributed by atoms with E-state index < -0.39 is 10.0 Å². The minimum atomic E-state index is -3.80. The molecule has 0 aliphatic heterocycles. The minimum absolute atomic E-state index is 0.0770. The van der Waals surface area contributed by atoms with E-state index in [1.54, 1.807) is 19.1 Å². The summed E-state index contributed by atoms with van der Waals surface area (Å²) in [7, 11) is -3.80. The molecule has 0 saturated heterocycles. The highest BCUT2D eigenvalue weighted by Gasteiger charge is 2.13. The molecule has 1 amide bonds. The highest BCUT2D eigenvalue weighted by molar-refractivity contribution is 7.89. The third-order valence-electron chi connectivity index (χ3n) is 1.79. The van der Waals surface area contributed by atoms with Gasteiger partial charge in [0.1, 0.15) is 4.90 Å². The molecule has 0 fully saturated rings. The number of nitrogens with one attached hydrogen (secondary N) is 1. The number of carbonyl (C=O) groups excluding carboxylic acids is 1. The van der Waals surface area contributed by atoms with Crippen LogP contribution in [0.15, 0.2) is 29.2 Å². The van der Waals surface area contributed by atoms with Crippen LogP contribution in [-0.2, 0) is 14.8 Å². The fourth-order valence-electron chi connectivity index (χ4n) is 1.06. The first-order valence-electron chi connectivity index (χ1n) is 4.37. The van der Waals surface area contributed by atoms with Gasteiger partial charge in [0.15, 0.2) is 0 Å². The molecule has 15 heavy (non-hydrogen) atoms. The Kier molecular flexibility index (Phi) is 3.43. The first-order valence-corrected chi connectivity index (χ1v) is 5.91. The number of hydrogen-bond donors (Lipinski definition) is 2. The van der Waals surface area contributed by atoms with E-state index in [0.717, 1.165) is 0 Å². The summed E-state index contributed by atoms with van der Waals surface area (Å²) in [6, 6.07) is 6.01. The van der Waals surface area contributed by atoms with Gasteiger partial charge in [-0.05, 0) is 12.1 Å². The van der Waals surface area contributed by atoms with Crippen molar-refractivity contribution in [1.29, 1.82) is 0 Å². The summed E-state index contributed by atoms with van der Waals surface area (Å²) in [5.74, 6) is -0.258. The maximum atomic E-state index is 11.1. The van der Waals surface area contributed by atoms with Gasteiger partial charge in [-0.1, -0.05) is 19.1 Å². The molecule has 0 radical (unpaired) electrons. The highest BCUT2D eigenvalue weighted by atomic mass is 32.2. The Labute approximate surface area is 88.3 Å². The smallest absolute Gasteiger partial charge is 0.240 e. The van der Waals surface area contributed by atoms with Crippen molar-refractivity contribution < 1.29 is 13.2 Å². The van der Waals surface area contributed by atoms with Gasteiger partial charge in [-0.2, -0.15) is 0 Å². The van der Waals surface area contributed by atoms with Crippen LogP contribution in [0.4, 0.5) is 5.69 Å². The average molecular weight is 228 g/mol. The van der Waals surface area contributed by atoms with Gasteiger partial charge in [0.2, 0.25) is 15.9 Å².